The van der Waals surface area contributed by atoms with Crippen molar-refractivity contribution < 1.29 is 18.4 Å². The molecule has 1 atom stereocenters. The van der Waals surface area contributed by atoms with Crippen LogP contribution in [0.4, 0.5) is 8.78 Å². The lowest BCUT2D eigenvalue weighted by Gasteiger charge is -2.15. The maximum Gasteiger partial charge on any atom is 0.280 e. The van der Waals surface area contributed by atoms with Gasteiger partial charge in [-0.1, -0.05) is 6.92 Å². The van der Waals surface area contributed by atoms with Crippen molar-refractivity contribution in [1.82, 2.24) is 25.2 Å². The molecule has 27 heavy (non-hydrogen) atoms. The molecule has 0 unspecified atom stereocenters. The summed E-state index contributed by atoms with van der Waals surface area (Å²) in [6, 6.07) is 2.57. The Labute approximate surface area is 156 Å². The molecule has 0 bridgehead atoms. The minimum absolute atomic E-state index is 0.117. The lowest BCUT2D eigenvalue weighted by Crippen LogP contribution is -2.36. The van der Waals surface area contributed by atoms with Crippen LogP contribution in [0, 0.1) is 0 Å². The van der Waals surface area contributed by atoms with Crippen LogP contribution in [-0.2, 0) is 13.5 Å². The fourth-order valence-corrected chi connectivity index (χ4v) is 2.69. The van der Waals surface area contributed by atoms with E-state index in [2.05, 4.69) is 20.6 Å². The van der Waals surface area contributed by atoms with Gasteiger partial charge in [-0.2, -0.15) is 0 Å². The van der Waals surface area contributed by atoms with Crippen molar-refractivity contribution in [1.29, 1.82) is 0 Å². The van der Waals surface area contributed by atoms with E-state index >= 15 is 0 Å². The van der Waals surface area contributed by atoms with Crippen LogP contribution >= 0.6 is 0 Å². The molecule has 9 heteroatoms. The fraction of sp³-hybridized carbons (Fsp3) is 0.444. The van der Waals surface area contributed by atoms with Gasteiger partial charge >= 0.3 is 0 Å². The van der Waals surface area contributed by atoms with Crippen LogP contribution in [0.15, 0.2) is 24.7 Å². The predicted octanol–water partition coefficient (Wildman–Crippen LogP) is 2.25. The molecule has 0 saturated heterocycles. The Balaban J connectivity index is 1.83. The normalized spacial score (nSPS) is 12.1. The Morgan fingerprint density at radius 1 is 1.26 bits per heavy atom. The van der Waals surface area contributed by atoms with Gasteiger partial charge in [-0.05, 0) is 31.9 Å². The van der Waals surface area contributed by atoms with Crippen molar-refractivity contribution in [3.8, 4) is 0 Å². The third-order valence-electron chi connectivity index (χ3n) is 4.17. The highest BCUT2D eigenvalue weighted by Gasteiger charge is 2.17. The van der Waals surface area contributed by atoms with Crippen molar-refractivity contribution in [3.05, 3.63) is 47.3 Å². The van der Waals surface area contributed by atoms with E-state index < -0.39 is 18.0 Å². The summed E-state index contributed by atoms with van der Waals surface area (Å²) < 4.78 is 27.2. The summed E-state index contributed by atoms with van der Waals surface area (Å²) in [4.78, 5) is 31.5. The summed E-state index contributed by atoms with van der Waals surface area (Å²) in [6.45, 7) is 4.08. The average molecular weight is 379 g/mol. The first kappa shape index (κ1) is 20.5. The van der Waals surface area contributed by atoms with E-state index in [0.717, 1.165) is 24.5 Å². The highest BCUT2D eigenvalue weighted by atomic mass is 19.3. The Morgan fingerprint density at radius 3 is 2.67 bits per heavy atom. The van der Waals surface area contributed by atoms with Crippen LogP contribution in [0.5, 0.6) is 0 Å². The molecule has 2 aromatic rings. The van der Waals surface area contributed by atoms with E-state index in [1.54, 1.807) is 6.07 Å². The van der Waals surface area contributed by atoms with Crippen molar-refractivity contribution in [2.24, 2.45) is 7.05 Å². The molecule has 0 spiro atoms. The van der Waals surface area contributed by atoms with E-state index in [0.29, 0.717) is 12.0 Å². The lowest BCUT2D eigenvalue weighted by atomic mass is 10.1. The van der Waals surface area contributed by atoms with Crippen LogP contribution in [0.25, 0.3) is 0 Å². The number of halogens is 2. The van der Waals surface area contributed by atoms with E-state index in [9.17, 15) is 18.4 Å². The number of nitrogens with one attached hydrogen (secondary N) is 2. The van der Waals surface area contributed by atoms with Crippen LogP contribution in [0.2, 0.25) is 0 Å². The minimum Gasteiger partial charge on any atom is -0.354 e. The zero-order valence-electron chi connectivity index (χ0n) is 15.5. The molecule has 2 rings (SSSR count). The molecule has 0 aliphatic rings. The molecule has 2 aromatic heterocycles. The number of aryl methyl sites for hydroxylation is 1. The number of alkyl halides is 2. The maximum absolute atomic E-state index is 12.6. The topological polar surface area (TPSA) is 88.9 Å². The van der Waals surface area contributed by atoms with E-state index in [1.807, 2.05) is 31.7 Å². The van der Waals surface area contributed by atoms with Crippen LogP contribution < -0.4 is 10.6 Å². The molecule has 7 nitrogen and oxygen atoms in total. The standard InChI is InChI=1S/C18H23F2N5O2/c1-4-15-12(6-8-25(15)3)17(26)24-11(2)5-7-21-18(27)14-9-13(16(19)20)22-10-23-14/h6,8-11,16H,4-5,7H2,1-3H3,(H,21,27)(H,24,26)/t11-/m0/s1. The molecule has 2 heterocycles. The fourth-order valence-electron chi connectivity index (χ4n) is 2.69. The van der Waals surface area contributed by atoms with Gasteiger partial charge in [0.2, 0.25) is 0 Å². The van der Waals surface area contributed by atoms with Gasteiger partial charge in [-0.25, -0.2) is 18.7 Å². The van der Waals surface area contributed by atoms with Crippen LogP contribution in [-0.4, -0.2) is 38.9 Å². The molecule has 146 valence electrons. The van der Waals surface area contributed by atoms with Crippen molar-refractivity contribution >= 4 is 11.8 Å². The van der Waals surface area contributed by atoms with Crippen molar-refractivity contribution in [3.63, 3.8) is 0 Å². The summed E-state index contributed by atoms with van der Waals surface area (Å²) in [5, 5.41) is 5.50. The number of nitrogens with zero attached hydrogens (tertiary/aromatic N) is 3. The summed E-state index contributed by atoms with van der Waals surface area (Å²) in [5.41, 5.74) is 0.974. The molecule has 2 N–H and O–H groups in total. The van der Waals surface area contributed by atoms with Crippen molar-refractivity contribution in [2.75, 3.05) is 6.54 Å². The van der Waals surface area contributed by atoms with Gasteiger partial charge in [0, 0.05) is 31.5 Å². The second-order valence-corrected chi connectivity index (χ2v) is 6.19. The summed E-state index contributed by atoms with van der Waals surface area (Å²) in [5.74, 6) is -0.724. The van der Waals surface area contributed by atoms with Crippen molar-refractivity contribution in [2.45, 2.75) is 39.2 Å². The molecular weight excluding hydrogens is 356 g/mol. The Bertz CT molecular complexity index is 807. The van der Waals surface area contributed by atoms with Gasteiger partial charge in [0.1, 0.15) is 17.7 Å². The number of rotatable bonds is 8. The number of hydrogen-bond donors (Lipinski definition) is 2. The summed E-state index contributed by atoms with van der Waals surface area (Å²) >= 11 is 0. The molecule has 0 radical (unpaired) electrons. The van der Waals surface area contributed by atoms with Gasteiger partial charge in [0.05, 0.1) is 5.56 Å². The van der Waals surface area contributed by atoms with Gasteiger partial charge in [0.25, 0.3) is 18.2 Å². The van der Waals surface area contributed by atoms with Crippen LogP contribution in [0.3, 0.4) is 0 Å². The van der Waals surface area contributed by atoms with Gasteiger partial charge in [-0.15, -0.1) is 0 Å². The quantitative estimate of drug-likeness (QED) is 0.736. The molecule has 0 fully saturated rings. The Hall–Kier alpha value is -2.84. The second-order valence-electron chi connectivity index (χ2n) is 6.19. The molecule has 0 aliphatic heterocycles. The SMILES string of the molecule is CCc1c(C(=O)N[C@@H](C)CCNC(=O)c2cc(C(F)F)ncn2)ccn1C. The first-order chi connectivity index (χ1) is 12.8. The molecule has 0 aliphatic carbocycles. The second kappa shape index (κ2) is 9.20. The largest absolute Gasteiger partial charge is 0.354 e. The zero-order valence-corrected chi connectivity index (χ0v) is 15.5. The number of hydrogen-bond acceptors (Lipinski definition) is 4. The Morgan fingerprint density at radius 2 is 2.00 bits per heavy atom. The predicted molar refractivity (Wildman–Crippen MR) is 95.7 cm³/mol. The van der Waals surface area contributed by atoms with Crippen LogP contribution in [0.1, 0.15) is 58.9 Å². The zero-order chi connectivity index (χ0) is 20.0. The summed E-state index contributed by atoms with van der Waals surface area (Å²) in [6.07, 6.45) is 1.24. The van der Waals surface area contributed by atoms with E-state index in [1.165, 1.54) is 0 Å². The number of amides is 2. The third-order valence-corrected chi connectivity index (χ3v) is 4.17. The van der Waals surface area contributed by atoms with Gasteiger partial charge in [-0.3, -0.25) is 9.59 Å². The number of carbonyl (C=O) groups excluding carboxylic acids is 2. The molecule has 0 saturated carbocycles. The monoisotopic (exact) mass is 379 g/mol. The molecule has 2 amide bonds. The average Bonchev–Trinajstić information content (AvgIpc) is 3.02. The Kier molecular flexibility index (Phi) is 6.98. The van der Waals surface area contributed by atoms with Gasteiger partial charge in [0.15, 0.2) is 0 Å². The van der Waals surface area contributed by atoms with E-state index in [4.69, 9.17) is 0 Å². The lowest BCUT2D eigenvalue weighted by molar-refractivity contribution is 0.0935. The number of carbonyl (C=O) groups is 2. The first-order valence-corrected chi connectivity index (χ1v) is 8.66. The number of aromatic nitrogens is 3. The van der Waals surface area contributed by atoms with Gasteiger partial charge < -0.3 is 15.2 Å². The maximum atomic E-state index is 12.6. The minimum atomic E-state index is -2.76. The molecular formula is C18H23F2N5O2. The highest BCUT2D eigenvalue weighted by Crippen LogP contribution is 2.15. The molecule has 0 aromatic carbocycles. The third kappa shape index (κ3) is 5.32. The van der Waals surface area contributed by atoms with E-state index in [-0.39, 0.29) is 24.2 Å². The summed E-state index contributed by atoms with van der Waals surface area (Å²) in [7, 11) is 1.89. The smallest absolute Gasteiger partial charge is 0.280 e. The highest BCUT2D eigenvalue weighted by molar-refractivity contribution is 5.95. The first-order valence-electron chi connectivity index (χ1n) is 8.66.